The molecule has 0 aliphatic rings. The van der Waals surface area contributed by atoms with Crippen LogP contribution in [0.4, 0.5) is 0 Å². The summed E-state index contributed by atoms with van der Waals surface area (Å²) in [6.07, 6.45) is 19.7. The maximum atomic E-state index is 12.2. The van der Waals surface area contributed by atoms with Crippen molar-refractivity contribution < 1.29 is 39.2 Å². The van der Waals surface area contributed by atoms with E-state index in [1.165, 1.54) is 64.9 Å². The summed E-state index contributed by atoms with van der Waals surface area (Å²) in [6, 6.07) is -1.56. The van der Waals surface area contributed by atoms with Gasteiger partial charge < -0.3 is 36.4 Å². The second kappa shape index (κ2) is 28.5. The van der Waals surface area contributed by atoms with Gasteiger partial charge in [-0.2, -0.15) is 0 Å². The molecule has 3 atom stereocenters. The van der Waals surface area contributed by atoms with Crippen molar-refractivity contribution in [2.45, 2.75) is 166 Å². The molecule has 252 valence electrons. The fourth-order valence-corrected chi connectivity index (χ4v) is 4.97. The normalized spacial score (nSPS) is 13.3. The molecule has 0 spiro atoms. The Labute approximate surface area is 259 Å². The fourth-order valence-electron chi connectivity index (χ4n) is 4.97. The molecule has 0 aliphatic carbocycles. The van der Waals surface area contributed by atoms with Crippen LogP contribution in [0.2, 0.25) is 0 Å². The topological polar surface area (TPSA) is 188 Å². The van der Waals surface area contributed by atoms with Crippen molar-refractivity contribution in [3.8, 4) is 0 Å². The molecule has 11 nitrogen and oxygen atoms in total. The number of aliphatic carboxylic acids is 2. The van der Waals surface area contributed by atoms with Gasteiger partial charge in [0.1, 0.15) is 6.04 Å². The van der Waals surface area contributed by atoms with E-state index in [-0.39, 0.29) is 31.1 Å². The molecule has 0 rings (SSSR count). The molecule has 2 amide bonds. The van der Waals surface area contributed by atoms with Gasteiger partial charge in [-0.05, 0) is 38.5 Å². The quantitative estimate of drug-likeness (QED) is 0.0459. The molecule has 0 saturated heterocycles. The summed E-state index contributed by atoms with van der Waals surface area (Å²) in [7, 11) is 1.38. The van der Waals surface area contributed by atoms with E-state index in [9.17, 15) is 29.4 Å². The number of hydrogen-bond acceptors (Lipinski definition) is 7. The lowest BCUT2D eigenvalue weighted by molar-refractivity contribution is -0.142. The van der Waals surface area contributed by atoms with Crippen LogP contribution < -0.4 is 16.4 Å². The zero-order chi connectivity index (χ0) is 32.1. The Kier molecular flexibility index (Phi) is 27.0. The summed E-state index contributed by atoms with van der Waals surface area (Å²) in [4.78, 5) is 46.3. The molecule has 43 heavy (non-hydrogen) atoms. The Morgan fingerprint density at radius 1 is 0.628 bits per heavy atom. The van der Waals surface area contributed by atoms with Gasteiger partial charge in [-0.1, -0.05) is 89.9 Å². The Morgan fingerprint density at radius 3 is 1.53 bits per heavy atom. The molecule has 0 aliphatic heterocycles. The maximum absolute atomic E-state index is 12.2. The van der Waals surface area contributed by atoms with Gasteiger partial charge in [0, 0.05) is 32.9 Å². The number of ether oxygens (including phenoxy) is 1. The van der Waals surface area contributed by atoms with E-state index in [1.807, 2.05) is 0 Å². The molecule has 0 heterocycles. The maximum Gasteiger partial charge on any atom is 0.326 e. The summed E-state index contributed by atoms with van der Waals surface area (Å²) in [5.74, 6) is -2.39. The first kappa shape index (κ1) is 40.8. The first-order chi connectivity index (χ1) is 20.7. The predicted molar refractivity (Wildman–Crippen MR) is 167 cm³/mol. The monoisotopic (exact) mass is 615 g/mol. The van der Waals surface area contributed by atoms with Gasteiger partial charge in [-0.3, -0.25) is 14.4 Å². The number of unbranched alkanes of at least 4 members (excludes halogenated alkanes) is 16. The summed E-state index contributed by atoms with van der Waals surface area (Å²) in [5.41, 5.74) is 5.76. The van der Waals surface area contributed by atoms with Crippen LogP contribution in [0.5, 0.6) is 0 Å². The third-order valence-corrected chi connectivity index (χ3v) is 7.73. The number of nitrogens with one attached hydrogen (secondary N) is 2. The number of carboxylic acids is 2. The van der Waals surface area contributed by atoms with E-state index in [1.54, 1.807) is 0 Å². The standard InChI is InChI=1S/C32H61N3O8/c1-43-32(42)26(33)20-18-19-25-34-28(36)24-23-27(31(40)41)35-29(37)21-16-14-12-10-8-6-4-2-3-5-7-9-11-13-15-17-22-30(38)39/h26-27,32,42H,2-25,33H2,1H3,(H,34,36)(H,35,37)(H,38,39)(H,40,41). The highest BCUT2D eigenvalue weighted by Gasteiger charge is 2.21. The molecule has 0 aromatic rings. The molecular weight excluding hydrogens is 554 g/mol. The lowest BCUT2D eigenvalue weighted by atomic mass is 10.0. The summed E-state index contributed by atoms with van der Waals surface area (Å²) >= 11 is 0. The van der Waals surface area contributed by atoms with Gasteiger partial charge in [0.25, 0.3) is 0 Å². The molecule has 0 fully saturated rings. The number of aliphatic hydroxyl groups is 1. The molecule has 11 heteroatoms. The van der Waals surface area contributed by atoms with Crippen molar-refractivity contribution >= 4 is 23.8 Å². The smallest absolute Gasteiger partial charge is 0.326 e. The molecule has 0 bridgehead atoms. The van der Waals surface area contributed by atoms with Gasteiger partial charge in [0.15, 0.2) is 6.29 Å². The second-order valence-electron chi connectivity index (χ2n) is 11.7. The third-order valence-electron chi connectivity index (χ3n) is 7.73. The van der Waals surface area contributed by atoms with E-state index in [0.717, 1.165) is 44.9 Å². The summed E-state index contributed by atoms with van der Waals surface area (Å²) < 4.78 is 4.76. The predicted octanol–water partition coefficient (Wildman–Crippen LogP) is 5.02. The SMILES string of the molecule is COC(O)C(N)CCCCNC(=O)CCC(NC(=O)CCCCCCCCCCCCCCCCCCC(=O)O)C(=O)O. The lowest BCUT2D eigenvalue weighted by Gasteiger charge is -2.17. The van der Waals surface area contributed by atoms with Crippen LogP contribution in [0.1, 0.15) is 148 Å². The lowest BCUT2D eigenvalue weighted by Crippen LogP contribution is -2.41. The zero-order valence-corrected chi connectivity index (χ0v) is 26.7. The van der Waals surface area contributed by atoms with Gasteiger partial charge in [-0.25, -0.2) is 4.79 Å². The number of aliphatic hydroxyl groups excluding tert-OH is 1. The van der Waals surface area contributed by atoms with E-state index in [0.29, 0.717) is 32.2 Å². The first-order valence-corrected chi connectivity index (χ1v) is 16.6. The number of amides is 2. The van der Waals surface area contributed by atoms with Crippen molar-refractivity contribution in [1.82, 2.24) is 10.6 Å². The minimum atomic E-state index is -1.14. The Hall–Kier alpha value is -2.24. The van der Waals surface area contributed by atoms with Crippen LogP contribution in [0.25, 0.3) is 0 Å². The van der Waals surface area contributed by atoms with Crippen molar-refractivity contribution in [3.63, 3.8) is 0 Å². The Balaban J connectivity index is 3.66. The average molecular weight is 616 g/mol. The number of rotatable bonds is 31. The number of methoxy groups -OCH3 is 1. The van der Waals surface area contributed by atoms with Crippen molar-refractivity contribution in [3.05, 3.63) is 0 Å². The van der Waals surface area contributed by atoms with Gasteiger partial charge in [0.05, 0.1) is 6.04 Å². The van der Waals surface area contributed by atoms with Gasteiger partial charge in [-0.15, -0.1) is 0 Å². The number of hydrogen-bond donors (Lipinski definition) is 6. The van der Waals surface area contributed by atoms with E-state index < -0.39 is 30.3 Å². The molecule has 0 saturated carbocycles. The van der Waals surface area contributed by atoms with E-state index in [2.05, 4.69) is 10.6 Å². The largest absolute Gasteiger partial charge is 0.481 e. The van der Waals surface area contributed by atoms with Gasteiger partial charge in [0.2, 0.25) is 11.8 Å². The molecular formula is C32H61N3O8. The highest BCUT2D eigenvalue weighted by atomic mass is 16.6. The van der Waals surface area contributed by atoms with Crippen molar-refractivity contribution in [2.75, 3.05) is 13.7 Å². The fraction of sp³-hybridized carbons (Fsp3) is 0.875. The van der Waals surface area contributed by atoms with Crippen molar-refractivity contribution in [2.24, 2.45) is 5.73 Å². The Bertz CT molecular complexity index is 737. The average Bonchev–Trinajstić information content (AvgIpc) is 2.97. The van der Waals surface area contributed by atoms with E-state index in [4.69, 9.17) is 15.6 Å². The summed E-state index contributed by atoms with van der Waals surface area (Å²) in [5, 5.41) is 32.8. The minimum absolute atomic E-state index is 0.0106. The highest BCUT2D eigenvalue weighted by Crippen LogP contribution is 2.14. The summed E-state index contributed by atoms with van der Waals surface area (Å²) in [6.45, 7) is 0.430. The molecule has 3 unspecified atom stereocenters. The van der Waals surface area contributed by atoms with E-state index >= 15 is 0 Å². The van der Waals surface area contributed by atoms with Crippen LogP contribution in [0, 0.1) is 0 Å². The number of carbonyl (C=O) groups excluding carboxylic acids is 2. The highest BCUT2D eigenvalue weighted by molar-refractivity contribution is 5.84. The van der Waals surface area contributed by atoms with Gasteiger partial charge >= 0.3 is 11.9 Å². The number of carboxylic acid groups (broad SMARTS) is 2. The van der Waals surface area contributed by atoms with Crippen LogP contribution in [-0.2, 0) is 23.9 Å². The second-order valence-corrected chi connectivity index (χ2v) is 11.7. The van der Waals surface area contributed by atoms with Crippen LogP contribution in [-0.4, -0.2) is 71.1 Å². The molecule has 7 N–H and O–H groups in total. The third kappa shape index (κ3) is 27.1. The molecule has 0 aromatic carbocycles. The number of nitrogens with two attached hydrogens (primary N) is 1. The van der Waals surface area contributed by atoms with Crippen LogP contribution >= 0.6 is 0 Å². The minimum Gasteiger partial charge on any atom is -0.481 e. The van der Waals surface area contributed by atoms with Crippen molar-refractivity contribution in [1.29, 1.82) is 0 Å². The number of carbonyl (C=O) groups is 4. The molecule has 0 aromatic heterocycles. The molecule has 0 radical (unpaired) electrons. The first-order valence-electron chi connectivity index (χ1n) is 16.6. The zero-order valence-electron chi connectivity index (χ0n) is 26.7. The van der Waals surface area contributed by atoms with Crippen LogP contribution in [0.3, 0.4) is 0 Å². The van der Waals surface area contributed by atoms with Crippen LogP contribution in [0.15, 0.2) is 0 Å². The Morgan fingerprint density at radius 2 is 1.09 bits per heavy atom.